The lowest BCUT2D eigenvalue weighted by molar-refractivity contribution is -0.133. The predicted molar refractivity (Wildman–Crippen MR) is 113 cm³/mol. The van der Waals surface area contributed by atoms with E-state index in [1.165, 1.54) is 0 Å². The Bertz CT molecular complexity index is 1040. The summed E-state index contributed by atoms with van der Waals surface area (Å²) in [6.45, 7) is 4.17. The summed E-state index contributed by atoms with van der Waals surface area (Å²) >= 11 is 0. The molecule has 9 heteroatoms. The van der Waals surface area contributed by atoms with Gasteiger partial charge in [-0.1, -0.05) is 12.1 Å². The van der Waals surface area contributed by atoms with Crippen LogP contribution in [0.15, 0.2) is 42.7 Å². The fourth-order valence-electron chi connectivity index (χ4n) is 4.79. The van der Waals surface area contributed by atoms with Crippen molar-refractivity contribution in [2.75, 3.05) is 42.5 Å². The quantitative estimate of drug-likeness (QED) is 0.739. The molecule has 5 rings (SSSR count). The van der Waals surface area contributed by atoms with Crippen LogP contribution in [0.1, 0.15) is 30.1 Å². The Balaban J connectivity index is 1.33. The molecule has 4 heterocycles. The van der Waals surface area contributed by atoms with Gasteiger partial charge < -0.3 is 14.7 Å². The number of carbonyl (C=O) groups excluding carboxylic acids is 3. The first-order valence-electron chi connectivity index (χ1n) is 10.5. The summed E-state index contributed by atoms with van der Waals surface area (Å²) in [5.41, 5.74) is 0.282. The highest BCUT2D eigenvalue weighted by atomic mass is 16.2. The number of carbonyl (C=O) groups is 3. The van der Waals surface area contributed by atoms with E-state index < -0.39 is 5.66 Å². The second-order valence-electron chi connectivity index (χ2n) is 8.27. The lowest BCUT2D eigenvalue weighted by Crippen LogP contribution is -2.64. The van der Waals surface area contributed by atoms with Crippen molar-refractivity contribution in [3.8, 4) is 0 Å². The van der Waals surface area contributed by atoms with E-state index in [-0.39, 0.29) is 24.3 Å². The number of para-hydroxylation sites is 1. The topological polar surface area (TPSA) is 90.0 Å². The fourth-order valence-corrected chi connectivity index (χ4v) is 4.79. The normalized spacial score (nSPS) is 23.1. The van der Waals surface area contributed by atoms with E-state index in [1.54, 1.807) is 51.4 Å². The summed E-state index contributed by atoms with van der Waals surface area (Å²) in [6.07, 6.45) is 4.28. The van der Waals surface area contributed by atoms with Crippen molar-refractivity contribution in [1.29, 1.82) is 0 Å². The van der Waals surface area contributed by atoms with Crippen LogP contribution in [0.25, 0.3) is 0 Å². The number of rotatable bonds is 3. The highest BCUT2D eigenvalue weighted by molar-refractivity contribution is 6.11. The largest absolute Gasteiger partial charge is 0.338 e. The molecule has 2 fully saturated rings. The lowest BCUT2D eigenvalue weighted by Gasteiger charge is -2.49. The molecule has 9 nitrogen and oxygen atoms in total. The number of anilines is 2. The molecule has 31 heavy (non-hydrogen) atoms. The zero-order valence-electron chi connectivity index (χ0n) is 17.4. The van der Waals surface area contributed by atoms with Gasteiger partial charge in [-0.2, -0.15) is 0 Å². The second kappa shape index (κ2) is 7.33. The van der Waals surface area contributed by atoms with Crippen LogP contribution in [0.5, 0.6) is 0 Å². The molecule has 3 aliphatic heterocycles. The molecule has 0 unspecified atom stereocenters. The summed E-state index contributed by atoms with van der Waals surface area (Å²) in [5.74, 6) is 0.331. The predicted octanol–water partition coefficient (Wildman–Crippen LogP) is 1.12. The van der Waals surface area contributed by atoms with Gasteiger partial charge in [-0.3, -0.25) is 19.3 Å². The highest BCUT2D eigenvalue weighted by Gasteiger charge is 2.53. The molecule has 0 saturated carbocycles. The first-order valence-corrected chi connectivity index (χ1v) is 10.5. The van der Waals surface area contributed by atoms with Crippen LogP contribution in [-0.2, 0) is 9.59 Å². The number of fused-ring (bicyclic) bond motifs is 3. The average Bonchev–Trinajstić information content (AvgIpc) is 3.12. The molecule has 0 N–H and O–H groups in total. The van der Waals surface area contributed by atoms with Gasteiger partial charge in [0.25, 0.3) is 5.91 Å². The van der Waals surface area contributed by atoms with Gasteiger partial charge in [0, 0.05) is 45.0 Å². The van der Waals surface area contributed by atoms with E-state index in [1.807, 2.05) is 17.9 Å². The molecular formula is C22H24N6O3. The number of hydrogen-bond donors (Lipinski definition) is 0. The van der Waals surface area contributed by atoms with Crippen molar-refractivity contribution in [2.45, 2.75) is 25.4 Å². The monoisotopic (exact) mass is 420 g/mol. The van der Waals surface area contributed by atoms with Gasteiger partial charge in [0.1, 0.15) is 12.2 Å². The van der Waals surface area contributed by atoms with Crippen molar-refractivity contribution in [2.24, 2.45) is 0 Å². The van der Waals surface area contributed by atoms with E-state index in [4.69, 9.17) is 0 Å². The van der Waals surface area contributed by atoms with E-state index in [2.05, 4.69) is 9.97 Å². The van der Waals surface area contributed by atoms with Crippen molar-refractivity contribution >= 4 is 29.4 Å². The summed E-state index contributed by atoms with van der Waals surface area (Å²) in [6, 6.07) is 8.91. The zero-order chi connectivity index (χ0) is 21.6. The van der Waals surface area contributed by atoms with Gasteiger partial charge >= 0.3 is 0 Å². The van der Waals surface area contributed by atoms with E-state index in [9.17, 15) is 14.4 Å². The maximum Gasteiger partial charge on any atom is 0.258 e. The standard InChI is InChI=1S/C22H24N6O3/c1-22-8-7-18(29)28(22)17-6-3-2-5-16(17)20(31)27(22)15-19(30)25-11-13-26(14-12-25)21-23-9-4-10-24-21/h2-6,9-10H,7-8,11-15H2,1H3/t22-/m0/s1. The van der Waals surface area contributed by atoms with Crippen LogP contribution in [0.2, 0.25) is 0 Å². The second-order valence-corrected chi connectivity index (χ2v) is 8.27. The Hall–Kier alpha value is -3.49. The van der Waals surface area contributed by atoms with Gasteiger partial charge in [0.2, 0.25) is 17.8 Å². The van der Waals surface area contributed by atoms with Crippen LogP contribution in [0, 0.1) is 0 Å². The van der Waals surface area contributed by atoms with E-state index in [0.29, 0.717) is 56.2 Å². The van der Waals surface area contributed by atoms with Gasteiger partial charge in [0.05, 0.1) is 11.3 Å². The van der Waals surface area contributed by atoms with E-state index >= 15 is 0 Å². The van der Waals surface area contributed by atoms with Gasteiger partial charge in [-0.05, 0) is 31.5 Å². The molecule has 3 amide bonds. The van der Waals surface area contributed by atoms with Gasteiger partial charge in [0.15, 0.2) is 0 Å². The van der Waals surface area contributed by atoms with Crippen molar-refractivity contribution in [1.82, 2.24) is 19.8 Å². The Morgan fingerprint density at radius 1 is 1.03 bits per heavy atom. The molecule has 160 valence electrons. The smallest absolute Gasteiger partial charge is 0.258 e. The number of piperazine rings is 1. The maximum atomic E-state index is 13.3. The minimum Gasteiger partial charge on any atom is -0.338 e. The first kappa shape index (κ1) is 19.5. The highest BCUT2D eigenvalue weighted by Crippen LogP contribution is 2.43. The van der Waals surface area contributed by atoms with Crippen molar-refractivity contribution < 1.29 is 14.4 Å². The lowest BCUT2D eigenvalue weighted by atomic mass is 9.98. The summed E-state index contributed by atoms with van der Waals surface area (Å²) in [5, 5.41) is 0. The molecular weight excluding hydrogens is 396 g/mol. The minimum absolute atomic E-state index is 0.0172. The number of amides is 3. The molecule has 2 saturated heterocycles. The number of nitrogens with zero attached hydrogens (tertiary/aromatic N) is 6. The number of hydrogen-bond acceptors (Lipinski definition) is 6. The summed E-state index contributed by atoms with van der Waals surface area (Å²) in [7, 11) is 0. The van der Waals surface area contributed by atoms with Crippen LogP contribution in [-0.4, -0.2) is 75.9 Å². The number of aromatic nitrogens is 2. The average molecular weight is 420 g/mol. The summed E-state index contributed by atoms with van der Waals surface area (Å²) in [4.78, 5) is 54.8. The number of benzene rings is 1. The van der Waals surface area contributed by atoms with Gasteiger partial charge in [-0.15, -0.1) is 0 Å². The SMILES string of the molecule is C[C@@]12CCC(=O)N1c1ccccc1C(=O)N2CC(=O)N1CCN(c2ncccn2)CC1. The summed E-state index contributed by atoms with van der Waals surface area (Å²) < 4.78 is 0. The zero-order valence-corrected chi connectivity index (χ0v) is 17.4. The van der Waals surface area contributed by atoms with Crippen LogP contribution < -0.4 is 9.80 Å². The molecule has 0 spiro atoms. The molecule has 1 atom stereocenters. The molecule has 0 bridgehead atoms. The fraction of sp³-hybridized carbons (Fsp3) is 0.409. The van der Waals surface area contributed by atoms with Crippen LogP contribution >= 0.6 is 0 Å². The molecule has 3 aliphatic rings. The Kier molecular flexibility index (Phi) is 4.60. The van der Waals surface area contributed by atoms with Gasteiger partial charge in [-0.25, -0.2) is 9.97 Å². The maximum absolute atomic E-state index is 13.3. The van der Waals surface area contributed by atoms with Crippen molar-refractivity contribution in [3.63, 3.8) is 0 Å². The molecule has 2 aromatic rings. The molecule has 1 aromatic heterocycles. The van der Waals surface area contributed by atoms with Crippen LogP contribution in [0.3, 0.4) is 0 Å². The third-order valence-electron chi connectivity index (χ3n) is 6.51. The molecule has 0 radical (unpaired) electrons. The third kappa shape index (κ3) is 3.11. The van der Waals surface area contributed by atoms with E-state index in [0.717, 1.165) is 0 Å². The Morgan fingerprint density at radius 2 is 1.74 bits per heavy atom. The van der Waals surface area contributed by atoms with Crippen LogP contribution in [0.4, 0.5) is 11.6 Å². The third-order valence-corrected chi connectivity index (χ3v) is 6.51. The van der Waals surface area contributed by atoms with Crippen molar-refractivity contribution in [3.05, 3.63) is 48.3 Å². The Labute approximate surface area is 180 Å². The molecule has 0 aliphatic carbocycles. The Morgan fingerprint density at radius 3 is 2.48 bits per heavy atom. The first-order chi connectivity index (χ1) is 15.0. The minimum atomic E-state index is -0.822. The molecule has 1 aromatic carbocycles.